The van der Waals surface area contributed by atoms with E-state index in [0.29, 0.717) is 12.5 Å². The van der Waals surface area contributed by atoms with Gasteiger partial charge in [-0.25, -0.2) is 4.79 Å². The molecule has 114 valence electrons. The van der Waals surface area contributed by atoms with Crippen LogP contribution in [0.3, 0.4) is 0 Å². The van der Waals surface area contributed by atoms with E-state index in [1.807, 2.05) is 20.8 Å². The lowest BCUT2D eigenvalue weighted by molar-refractivity contribution is -0.138. The zero-order chi connectivity index (χ0) is 15.7. The Morgan fingerprint density at radius 2 is 1.95 bits per heavy atom. The van der Waals surface area contributed by atoms with Crippen LogP contribution in [0.2, 0.25) is 0 Å². The van der Waals surface area contributed by atoms with Crippen LogP contribution in [0.15, 0.2) is 17.0 Å². The highest BCUT2D eigenvalue weighted by Gasteiger charge is 2.14. The quantitative estimate of drug-likeness (QED) is 0.496. The van der Waals surface area contributed by atoms with Gasteiger partial charge in [0, 0.05) is 12.5 Å². The van der Waals surface area contributed by atoms with Crippen molar-refractivity contribution in [1.82, 2.24) is 10.6 Å². The Bertz CT molecular complexity index is 383. The van der Waals surface area contributed by atoms with Gasteiger partial charge < -0.3 is 15.7 Å². The molecular formula is C13H23N3O3S. The maximum Gasteiger partial charge on any atom is 0.325 e. The smallest absolute Gasteiger partial charge is 0.325 e. The summed E-state index contributed by atoms with van der Waals surface area (Å²) in [5.41, 5.74) is 0. The lowest BCUT2D eigenvalue weighted by atomic mass is 10.2. The van der Waals surface area contributed by atoms with Crippen LogP contribution < -0.4 is 10.6 Å². The minimum atomic E-state index is -1.07. The van der Waals surface area contributed by atoms with Crippen molar-refractivity contribution < 1.29 is 14.7 Å². The summed E-state index contributed by atoms with van der Waals surface area (Å²) in [4.78, 5) is 26.5. The minimum absolute atomic E-state index is 0.0919. The third kappa shape index (κ3) is 7.83. The predicted molar refractivity (Wildman–Crippen MR) is 83.2 cm³/mol. The first-order valence-electron chi connectivity index (χ1n) is 6.40. The van der Waals surface area contributed by atoms with Crippen molar-refractivity contribution in [3.05, 3.63) is 12.0 Å². The molecule has 0 aliphatic rings. The SMILES string of the molecule is C=CSC(=NC(C)CNC(=O)NC(C)C(=O)O)C(C)C. The van der Waals surface area contributed by atoms with Crippen LogP contribution in [0.1, 0.15) is 27.7 Å². The van der Waals surface area contributed by atoms with Crippen LogP contribution >= 0.6 is 11.8 Å². The Hall–Kier alpha value is -1.50. The van der Waals surface area contributed by atoms with E-state index in [-0.39, 0.29) is 6.04 Å². The van der Waals surface area contributed by atoms with Crippen molar-refractivity contribution in [3.8, 4) is 0 Å². The van der Waals surface area contributed by atoms with E-state index in [0.717, 1.165) is 5.04 Å². The maximum absolute atomic E-state index is 11.5. The normalized spacial score (nSPS) is 14.6. The van der Waals surface area contributed by atoms with Crippen LogP contribution in [0, 0.1) is 5.92 Å². The highest BCUT2D eigenvalue weighted by Crippen LogP contribution is 2.14. The molecule has 0 spiro atoms. The number of nitrogens with one attached hydrogen (secondary N) is 2. The zero-order valence-corrected chi connectivity index (χ0v) is 13.2. The first kappa shape index (κ1) is 18.5. The van der Waals surface area contributed by atoms with Gasteiger partial charge >= 0.3 is 12.0 Å². The number of carboxylic acid groups (broad SMARTS) is 1. The monoisotopic (exact) mass is 301 g/mol. The number of urea groups is 1. The topological polar surface area (TPSA) is 90.8 Å². The molecule has 0 rings (SSSR count). The number of thioether (sulfide) groups is 1. The molecule has 0 aromatic heterocycles. The fourth-order valence-electron chi connectivity index (χ4n) is 1.21. The van der Waals surface area contributed by atoms with Crippen LogP contribution in [0.4, 0.5) is 4.79 Å². The average molecular weight is 301 g/mol. The molecule has 7 heteroatoms. The molecule has 2 unspecified atom stereocenters. The molecule has 6 nitrogen and oxygen atoms in total. The number of hydrogen-bond donors (Lipinski definition) is 3. The summed E-state index contributed by atoms with van der Waals surface area (Å²) in [6.07, 6.45) is 0. The fourth-order valence-corrected chi connectivity index (χ4v) is 1.90. The molecule has 0 aliphatic heterocycles. The number of carboxylic acids is 1. The third-order valence-electron chi connectivity index (χ3n) is 2.32. The molecule has 20 heavy (non-hydrogen) atoms. The van der Waals surface area contributed by atoms with Gasteiger partial charge in [0.15, 0.2) is 0 Å². The Morgan fingerprint density at radius 3 is 2.40 bits per heavy atom. The molecular weight excluding hydrogens is 278 g/mol. The molecule has 0 bridgehead atoms. The Balaban J connectivity index is 4.30. The van der Waals surface area contributed by atoms with Crippen LogP contribution in [0.5, 0.6) is 0 Å². The second-order valence-corrected chi connectivity index (χ2v) is 5.66. The lowest BCUT2D eigenvalue weighted by Gasteiger charge is -2.14. The summed E-state index contributed by atoms with van der Waals surface area (Å²) in [5.74, 6) is -0.781. The van der Waals surface area contributed by atoms with Crippen LogP contribution in [0.25, 0.3) is 0 Å². The summed E-state index contributed by atoms with van der Waals surface area (Å²) in [6.45, 7) is 11.4. The molecule has 0 aromatic carbocycles. The second-order valence-electron chi connectivity index (χ2n) is 4.67. The molecule has 0 saturated carbocycles. The molecule has 0 aromatic rings. The van der Waals surface area contributed by atoms with E-state index in [9.17, 15) is 9.59 Å². The van der Waals surface area contributed by atoms with E-state index >= 15 is 0 Å². The molecule has 0 saturated heterocycles. The highest BCUT2D eigenvalue weighted by molar-refractivity contribution is 8.16. The number of aliphatic imine (C=N–C) groups is 1. The molecule has 0 heterocycles. The van der Waals surface area contributed by atoms with Crippen LogP contribution in [-0.2, 0) is 4.79 Å². The molecule has 0 aliphatic carbocycles. The van der Waals surface area contributed by atoms with Crippen molar-refractivity contribution in [3.63, 3.8) is 0 Å². The first-order chi connectivity index (χ1) is 9.27. The van der Waals surface area contributed by atoms with Gasteiger partial charge in [0.2, 0.25) is 0 Å². The summed E-state index contributed by atoms with van der Waals surface area (Å²) in [5, 5.41) is 16.3. The van der Waals surface area contributed by atoms with Gasteiger partial charge in [0.1, 0.15) is 6.04 Å². The van der Waals surface area contributed by atoms with E-state index < -0.39 is 18.0 Å². The molecule has 2 amide bonds. The molecule has 0 radical (unpaired) electrons. The van der Waals surface area contributed by atoms with Crippen molar-refractivity contribution in [2.45, 2.75) is 39.8 Å². The standard InChI is InChI=1S/C13H23N3O3S/c1-6-20-11(8(2)3)15-9(4)7-14-13(19)16-10(5)12(17)18/h6,8-10H,1,7H2,2-5H3,(H,17,18)(H2,14,16,19). The van der Waals surface area contributed by atoms with Gasteiger partial charge in [-0.15, -0.1) is 0 Å². The van der Waals surface area contributed by atoms with Gasteiger partial charge in [-0.1, -0.05) is 32.2 Å². The predicted octanol–water partition coefficient (Wildman–Crippen LogP) is 2.08. The summed E-state index contributed by atoms with van der Waals surface area (Å²) < 4.78 is 0. The van der Waals surface area contributed by atoms with Crippen molar-refractivity contribution in [2.75, 3.05) is 6.54 Å². The molecule has 0 fully saturated rings. The van der Waals surface area contributed by atoms with E-state index in [2.05, 4.69) is 22.2 Å². The highest BCUT2D eigenvalue weighted by atomic mass is 32.2. The number of carbonyl (C=O) groups is 2. The largest absolute Gasteiger partial charge is 0.480 e. The third-order valence-corrected chi connectivity index (χ3v) is 3.31. The van der Waals surface area contributed by atoms with Crippen molar-refractivity contribution in [2.24, 2.45) is 10.9 Å². The van der Waals surface area contributed by atoms with Crippen molar-refractivity contribution in [1.29, 1.82) is 0 Å². The lowest BCUT2D eigenvalue weighted by Crippen LogP contribution is -2.45. The minimum Gasteiger partial charge on any atom is -0.480 e. The number of hydrogen-bond acceptors (Lipinski definition) is 4. The number of aliphatic carboxylic acids is 1. The number of carbonyl (C=O) groups excluding carboxylic acids is 1. The summed E-state index contributed by atoms with van der Waals surface area (Å²) >= 11 is 1.47. The fraction of sp³-hybridized carbons (Fsp3) is 0.615. The molecule has 2 atom stereocenters. The van der Waals surface area contributed by atoms with E-state index in [4.69, 9.17) is 5.11 Å². The van der Waals surface area contributed by atoms with Crippen LogP contribution in [-0.4, -0.2) is 40.8 Å². The Kier molecular flexibility index (Phi) is 8.71. The Morgan fingerprint density at radius 1 is 1.35 bits per heavy atom. The second kappa shape index (κ2) is 9.41. The zero-order valence-electron chi connectivity index (χ0n) is 12.3. The summed E-state index contributed by atoms with van der Waals surface area (Å²) in [7, 11) is 0. The summed E-state index contributed by atoms with van der Waals surface area (Å²) in [6, 6.07) is -1.52. The Labute approximate surface area is 124 Å². The van der Waals surface area contributed by atoms with Gasteiger partial charge in [-0.3, -0.25) is 9.79 Å². The van der Waals surface area contributed by atoms with Gasteiger partial charge in [0.25, 0.3) is 0 Å². The van der Waals surface area contributed by atoms with Gasteiger partial charge in [-0.05, 0) is 19.3 Å². The maximum atomic E-state index is 11.5. The number of rotatable bonds is 7. The van der Waals surface area contributed by atoms with Gasteiger partial charge in [-0.2, -0.15) is 0 Å². The van der Waals surface area contributed by atoms with E-state index in [1.54, 1.807) is 5.41 Å². The number of amides is 2. The molecule has 3 N–H and O–H groups in total. The van der Waals surface area contributed by atoms with Gasteiger partial charge in [0.05, 0.1) is 11.1 Å². The first-order valence-corrected chi connectivity index (χ1v) is 7.28. The van der Waals surface area contributed by atoms with E-state index in [1.165, 1.54) is 18.7 Å². The average Bonchev–Trinajstić information content (AvgIpc) is 2.35. The number of nitrogens with zero attached hydrogens (tertiary/aromatic N) is 1. The van der Waals surface area contributed by atoms with Crippen molar-refractivity contribution >= 4 is 28.8 Å².